The van der Waals surface area contributed by atoms with Crippen molar-refractivity contribution >= 4 is 17.3 Å². The Bertz CT molecular complexity index is 776. The minimum Gasteiger partial charge on any atom is -0.371 e. The normalized spacial score (nSPS) is 13.2. The van der Waals surface area contributed by atoms with Crippen LogP contribution in [0.1, 0.15) is 28.8 Å². The molecule has 0 saturated carbocycles. The van der Waals surface area contributed by atoms with Gasteiger partial charge in [0.15, 0.2) is 0 Å². The molecule has 2 aromatic rings. The van der Waals surface area contributed by atoms with Crippen molar-refractivity contribution in [3.63, 3.8) is 0 Å². The first kappa shape index (κ1) is 17.0. The molecule has 0 spiro atoms. The zero-order valence-corrected chi connectivity index (χ0v) is 14.0. The van der Waals surface area contributed by atoms with Gasteiger partial charge in [0.25, 0.3) is 11.6 Å². The molecule has 1 aliphatic rings. The number of benzene rings is 2. The van der Waals surface area contributed by atoms with Crippen molar-refractivity contribution in [2.24, 2.45) is 0 Å². The van der Waals surface area contributed by atoms with Gasteiger partial charge in [-0.3, -0.25) is 14.9 Å². The number of para-hydroxylation sites is 1. The van der Waals surface area contributed by atoms with E-state index in [1.807, 2.05) is 0 Å². The van der Waals surface area contributed by atoms with E-state index < -0.39 is 4.92 Å². The summed E-state index contributed by atoms with van der Waals surface area (Å²) in [5, 5.41) is 13.6. The lowest BCUT2D eigenvalue weighted by Crippen LogP contribution is -2.33. The van der Waals surface area contributed by atoms with Gasteiger partial charge in [-0.05, 0) is 37.0 Å². The minimum atomic E-state index is -0.495. The smallest absolute Gasteiger partial charge is 0.270 e. The molecule has 0 bridgehead atoms. The third-order valence-corrected chi connectivity index (χ3v) is 4.42. The Morgan fingerprint density at radius 1 is 1.20 bits per heavy atom. The van der Waals surface area contributed by atoms with Crippen molar-refractivity contribution in [1.29, 1.82) is 0 Å². The highest BCUT2D eigenvalue weighted by Gasteiger charge is 2.16. The quantitative estimate of drug-likeness (QED) is 0.498. The van der Waals surface area contributed by atoms with Crippen molar-refractivity contribution in [2.45, 2.75) is 19.3 Å². The number of nitro benzene ring substituents is 1. The number of hydrogen-bond donors (Lipinski definition) is 1. The number of hydrogen-bond acceptors (Lipinski definition) is 4. The SMILES string of the molecule is O=C(NCCCN1CCCc2ccccc21)c1cccc([N+](=O)[O-])c1. The van der Waals surface area contributed by atoms with E-state index in [-0.39, 0.29) is 11.6 Å². The molecule has 0 aliphatic carbocycles. The van der Waals surface area contributed by atoms with Gasteiger partial charge in [0, 0.05) is 43.0 Å². The monoisotopic (exact) mass is 339 g/mol. The van der Waals surface area contributed by atoms with E-state index in [9.17, 15) is 14.9 Å². The molecule has 2 aromatic carbocycles. The second-order valence-corrected chi connectivity index (χ2v) is 6.14. The number of non-ortho nitro benzene ring substituents is 1. The molecule has 1 heterocycles. The Labute approximate surface area is 146 Å². The van der Waals surface area contributed by atoms with Crippen LogP contribution in [0.25, 0.3) is 0 Å². The van der Waals surface area contributed by atoms with Crippen LogP contribution in [0.2, 0.25) is 0 Å². The summed E-state index contributed by atoms with van der Waals surface area (Å²) >= 11 is 0. The number of amides is 1. The molecule has 0 aromatic heterocycles. The van der Waals surface area contributed by atoms with Crippen molar-refractivity contribution < 1.29 is 9.72 Å². The predicted octanol–water partition coefficient (Wildman–Crippen LogP) is 3.17. The lowest BCUT2D eigenvalue weighted by atomic mass is 10.0. The van der Waals surface area contributed by atoms with Crippen LogP contribution in [0.5, 0.6) is 0 Å². The van der Waals surface area contributed by atoms with Gasteiger partial charge in [0.2, 0.25) is 0 Å². The van der Waals surface area contributed by atoms with E-state index >= 15 is 0 Å². The maximum Gasteiger partial charge on any atom is 0.270 e. The summed E-state index contributed by atoms with van der Waals surface area (Å²) in [6.07, 6.45) is 3.10. The van der Waals surface area contributed by atoms with Crippen LogP contribution in [0.3, 0.4) is 0 Å². The summed E-state index contributed by atoms with van der Waals surface area (Å²) < 4.78 is 0. The summed E-state index contributed by atoms with van der Waals surface area (Å²) in [5.41, 5.74) is 2.92. The standard InChI is InChI=1S/C19H21N3O3/c23-19(16-7-3-9-17(14-16)22(24)25)20-11-5-13-21-12-4-8-15-6-1-2-10-18(15)21/h1-3,6-7,9-10,14H,4-5,8,11-13H2,(H,20,23). The van der Waals surface area contributed by atoms with E-state index in [0.29, 0.717) is 12.1 Å². The predicted molar refractivity (Wildman–Crippen MR) is 97.0 cm³/mol. The highest BCUT2D eigenvalue weighted by Crippen LogP contribution is 2.26. The average molecular weight is 339 g/mol. The van der Waals surface area contributed by atoms with E-state index in [1.54, 1.807) is 6.07 Å². The van der Waals surface area contributed by atoms with Gasteiger partial charge >= 0.3 is 0 Å². The van der Waals surface area contributed by atoms with Gasteiger partial charge in [-0.2, -0.15) is 0 Å². The first-order valence-corrected chi connectivity index (χ1v) is 8.50. The Balaban J connectivity index is 1.50. The molecule has 0 unspecified atom stereocenters. The Morgan fingerprint density at radius 2 is 2.04 bits per heavy atom. The van der Waals surface area contributed by atoms with Crippen LogP contribution in [0, 0.1) is 10.1 Å². The highest BCUT2D eigenvalue weighted by atomic mass is 16.6. The largest absolute Gasteiger partial charge is 0.371 e. The third-order valence-electron chi connectivity index (χ3n) is 4.42. The molecule has 130 valence electrons. The number of aryl methyl sites for hydroxylation is 1. The Hall–Kier alpha value is -2.89. The van der Waals surface area contributed by atoms with Crippen LogP contribution >= 0.6 is 0 Å². The van der Waals surface area contributed by atoms with E-state index in [4.69, 9.17) is 0 Å². The molecule has 0 fully saturated rings. The van der Waals surface area contributed by atoms with Gasteiger partial charge in [-0.1, -0.05) is 24.3 Å². The van der Waals surface area contributed by atoms with Crippen LogP contribution in [0.4, 0.5) is 11.4 Å². The fourth-order valence-corrected chi connectivity index (χ4v) is 3.18. The van der Waals surface area contributed by atoms with Crippen molar-refractivity contribution in [1.82, 2.24) is 5.32 Å². The summed E-state index contributed by atoms with van der Waals surface area (Å²) in [4.78, 5) is 24.8. The van der Waals surface area contributed by atoms with E-state index in [1.165, 1.54) is 29.4 Å². The number of nitro groups is 1. The van der Waals surface area contributed by atoms with Gasteiger partial charge in [0.1, 0.15) is 0 Å². The zero-order valence-electron chi connectivity index (χ0n) is 14.0. The van der Waals surface area contributed by atoms with Crippen LogP contribution in [-0.4, -0.2) is 30.5 Å². The lowest BCUT2D eigenvalue weighted by molar-refractivity contribution is -0.384. The average Bonchev–Trinajstić information content (AvgIpc) is 2.65. The van der Waals surface area contributed by atoms with Crippen molar-refractivity contribution in [2.75, 3.05) is 24.5 Å². The molecular formula is C19H21N3O3. The Morgan fingerprint density at radius 3 is 2.88 bits per heavy atom. The second kappa shape index (κ2) is 7.79. The van der Waals surface area contributed by atoms with Crippen LogP contribution in [0.15, 0.2) is 48.5 Å². The first-order valence-electron chi connectivity index (χ1n) is 8.50. The molecule has 0 radical (unpaired) electrons. The van der Waals surface area contributed by atoms with Gasteiger partial charge < -0.3 is 10.2 Å². The topological polar surface area (TPSA) is 75.5 Å². The maximum atomic E-state index is 12.1. The summed E-state index contributed by atoms with van der Waals surface area (Å²) in [6.45, 7) is 2.46. The summed E-state index contributed by atoms with van der Waals surface area (Å²) in [6, 6.07) is 14.2. The highest BCUT2D eigenvalue weighted by molar-refractivity contribution is 5.94. The molecule has 0 saturated heterocycles. The number of nitrogens with one attached hydrogen (secondary N) is 1. The second-order valence-electron chi connectivity index (χ2n) is 6.14. The molecular weight excluding hydrogens is 318 g/mol. The number of anilines is 1. The molecule has 3 rings (SSSR count). The first-order chi connectivity index (χ1) is 12.1. The van der Waals surface area contributed by atoms with Crippen LogP contribution < -0.4 is 10.2 Å². The minimum absolute atomic E-state index is 0.0717. The zero-order chi connectivity index (χ0) is 17.6. The summed E-state index contributed by atoms with van der Waals surface area (Å²) in [5.74, 6) is -0.275. The maximum absolute atomic E-state index is 12.1. The lowest BCUT2D eigenvalue weighted by Gasteiger charge is -2.31. The van der Waals surface area contributed by atoms with Crippen molar-refractivity contribution in [3.05, 3.63) is 69.8 Å². The number of carbonyl (C=O) groups is 1. The molecule has 25 heavy (non-hydrogen) atoms. The molecule has 6 heteroatoms. The molecule has 1 amide bonds. The number of nitrogens with zero attached hydrogens (tertiary/aromatic N) is 2. The number of carbonyl (C=O) groups excluding carboxylic acids is 1. The van der Waals surface area contributed by atoms with E-state index in [2.05, 4.69) is 34.5 Å². The summed E-state index contributed by atoms with van der Waals surface area (Å²) in [7, 11) is 0. The number of fused-ring (bicyclic) bond motifs is 1. The van der Waals surface area contributed by atoms with E-state index in [0.717, 1.165) is 32.4 Å². The van der Waals surface area contributed by atoms with Gasteiger partial charge in [-0.15, -0.1) is 0 Å². The van der Waals surface area contributed by atoms with Crippen LogP contribution in [-0.2, 0) is 6.42 Å². The molecule has 1 N–H and O–H groups in total. The molecule has 6 nitrogen and oxygen atoms in total. The fraction of sp³-hybridized carbons (Fsp3) is 0.316. The van der Waals surface area contributed by atoms with Crippen molar-refractivity contribution in [3.8, 4) is 0 Å². The molecule has 1 aliphatic heterocycles. The Kier molecular flexibility index (Phi) is 5.28. The van der Waals surface area contributed by atoms with Gasteiger partial charge in [0.05, 0.1) is 4.92 Å². The van der Waals surface area contributed by atoms with Gasteiger partial charge in [-0.25, -0.2) is 0 Å². The fourth-order valence-electron chi connectivity index (χ4n) is 3.18. The number of rotatable bonds is 6. The third kappa shape index (κ3) is 4.15. The molecule has 0 atom stereocenters.